The van der Waals surface area contributed by atoms with Gasteiger partial charge in [-0.3, -0.25) is 9.69 Å². The van der Waals surface area contributed by atoms with Gasteiger partial charge in [-0.2, -0.15) is 5.10 Å². The topological polar surface area (TPSA) is 79.2 Å². The van der Waals surface area contributed by atoms with Crippen molar-refractivity contribution in [2.45, 2.75) is 57.4 Å². The van der Waals surface area contributed by atoms with Gasteiger partial charge in [-0.15, -0.1) is 11.3 Å². The molecule has 5 rings (SSSR count). The molecule has 11 heteroatoms. The summed E-state index contributed by atoms with van der Waals surface area (Å²) in [6, 6.07) is 3.98. The number of carbonyl (C=O) groups excluding carboxylic acids is 1. The molecule has 2 fully saturated rings. The molecular formula is C25H33F2N7OS. The lowest BCUT2D eigenvalue weighted by molar-refractivity contribution is 0.0673. The molecule has 5 heterocycles. The van der Waals surface area contributed by atoms with Crippen LogP contribution < -0.4 is 10.2 Å². The lowest BCUT2D eigenvalue weighted by Crippen LogP contribution is -2.48. The number of rotatable bonds is 6. The second-order valence-corrected chi connectivity index (χ2v) is 10.8. The monoisotopic (exact) mass is 517 g/mol. The number of carbonyl (C=O) groups is 1. The van der Waals surface area contributed by atoms with E-state index >= 15 is 0 Å². The van der Waals surface area contributed by atoms with Gasteiger partial charge in [0.15, 0.2) is 10.7 Å². The maximum absolute atomic E-state index is 12.9. The standard InChI is InChI=1S/C25H33F2N7OS/c1-32-23-18(9-10-21(30-23)34-12-5-3-2-4-6-13-34)22(31-32)19-14-28-25(36-19)24(35)29-17-8-7-11-33(15-17)16-20(26)27/h9-10,14,17,20H,2-8,11-13,15-16H2,1H3,(H,29,35). The van der Waals surface area contributed by atoms with Crippen LogP contribution in [0.5, 0.6) is 0 Å². The first-order chi connectivity index (χ1) is 17.5. The highest BCUT2D eigenvalue weighted by Crippen LogP contribution is 2.32. The van der Waals surface area contributed by atoms with E-state index in [1.54, 1.807) is 15.8 Å². The summed E-state index contributed by atoms with van der Waals surface area (Å²) >= 11 is 1.29. The van der Waals surface area contributed by atoms with Gasteiger partial charge in [0.1, 0.15) is 11.5 Å². The van der Waals surface area contributed by atoms with Crippen molar-refractivity contribution in [2.24, 2.45) is 7.05 Å². The number of anilines is 1. The molecule has 1 unspecified atom stereocenters. The van der Waals surface area contributed by atoms with E-state index < -0.39 is 6.43 Å². The molecule has 8 nitrogen and oxygen atoms in total. The van der Waals surface area contributed by atoms with Crippen LogP contribution in [0.15, 0.2) is 18.3 Å². The molecule has 3 aromatic heterocycles. The summed E-state index contributed by atoms with van der Waals surface area (Å²) in [5, 5.41) is 8.96. The minimum absolute atomic E-state index is 0.154. The Morgan fingerprint density at radius 1 is 1.14 bits per heavy atom. The Kier molecular flexibility index (Phi) is 7.76. The Labute approximate surface area is 213 Å². The predicted molar refractivity (Wildman–Crippen MR) is 138 cm³/mol. The van der Waals surface area contributed by atoms with Gasteiger partial charge < -0.3 is 10.2 Å². The highest BCUT2D eigenvalue weighted by atomic mass is 32.1. The van der Waals surface area contributed by atoms with Gasteiger partial charge in [-0.05, 0) is 44.4 Å². The second-order valence-electron chi connectivity index (χ2n) is 9.76. The van der Waals surface area contributed by atoms with E-state index in [2.05, 4.69) is 27.3 Å². The van der Waals surface area contributed by atoms with Crippen molar-refractivity contribution in [3.63, 3.8) is 0 Å². The number of hydrogen-bond donors (Lipinski definition) is 1. The minimum Gasteiger partial charge on any atom is -0.357 e. The summed E-state index contributed by atoms with van der Waals surface area (Å²) in [5.74, 6) is 0.713. The van der Waals surface area contributed by atoms with Crippen LogP contribution in [0.1, 0.15) is 54.7 Å². The average molecular weight is 518 g/mol. The van der Waals surface area contributed by atoms with Gasteiger partial charge in [-0.25, -0.2) is 23.4 Å². The molecule has 0 bridgehead atoms. The van der Waals surface area contributed by atoms with E-state index in [9.17, 15) is 13.6 Å². The number of alkyl halides is 2. The van der Waals surface area contributed by atoms with Crippen LogP contribution in [-0.4, -0.2) is 75.7 Å². The number of fused-ring (bicyclic) bond motifs is 1. The summed E-state index contributed by atoms with van der Waals surface area (Å²) in [6.07, 6.45) is 7.10. The zero-order valence-electron chi connectivity index (χ0n) is 20.6. The van der Waals surface area contributed by atoms with Crippen LogP contribution >= 0.6 is 11.3 Å². The van der Waals surface area contributed by atoms with Crippen LogP contribution in [0, 0.1) is 0 Å². The molecule has 36 heavy (non-hydrogen) atoms. The Balaban J connectivity index is 1.30. The molecule has 2 saturated heterocycles. The fourth-order valence-corrected chi connectivity index (χ4v) is 6.04. The predicted octanol–water partition coefficient (Wildman–Crippen LogP) is 4.32. The maximum Gasteiger partial charge on any atom is 0.280 e. The first-order valence-electron chi connectivity index (χ1n) is 12.8. The summed E-state index contributed by atoms with van der Waals surface area (Å²) in [6.45, 7) is 2.87. The average Bonchev–Trinajstić information content (AvgIpc) is 3.44. The third kappa shape index (κ3) is 5.67. The number of piperidine rings is 1. The summed E-state index contributed by atoms with van der Waals surface area (Å²) in [7, 11) is 1.89. The number of nitrogens with one attached hydrogen (secondary N) is 1. The summed E-state index contributed by atoms with van der Waals surface area (Å²) < 4.78 is 27.3. The van der Waals surface area contributed by atoms with Gasteiger partial charge in [-0.1, -0.05) is 19.3 Å². The number of amides is 1. The number of aryl methyl sites for hydroxylation is 1. The number of pyridine rings is 1. The number of hydrogen-bond acceptors (Lipinski definition) is 7. The molecule has 0 saturated carbocycles. The van der Waals surface area contributed by atoms with E-state index in [1.165, 1.54) is 43.4 Å². The van der Waals surface area contributed by atoms with Crippen molar-refractivity contribution in [2.75, 3.05) is 37.6 Å². The Hall–Kier alpha value is -2.66. The molecule has 1 amide bonds. The highest BCUT2D eigenvalue weighted by Gasteiger charge is 2.25. The molecule has 0 radical (unpaired) electrons. The van der Waals surface area contributed by atoms with Crippen molar-refractivity contribution in [1.82, 2.24) is 30.0 Å². The molecule has 0 aliphatic carbocycles. The van der Waals surface area contributed by atoms with Crippen molar-refractivity contribution in [3.8, 4) is 10.6 Å². The van der Waals surface area contributed by atoms with Crippen molar-refractivity contribution >= 4 is 34.1 Å². The van der Waals surface area contributed by atoms with E-state index in [4.69, 9.17) is 10.1 Å². The molecule has 0 spiro atoms. The van der Waals surface area contributed by atoms with Gasteiger partial charge >= 0.3 is 0 Å². The molecule has 0 aromatic carbocycles. The zero-order chi connectivity index (χ0) is 25.1. The van der Waals surface area contributed by atoms with Gasteiger partial charge in [0.25, 0.3) is 12.3 Å². The normalized spacial score (nSPS) is 20.0. The first-order valence-corrected chi connectivity index (χ1v) is 13.7. The summed E-state index contributed by atoms with van der Waals surface area (Å²) in [4.78, 5) is 27.0. The molecule has 2 aliphatic rings. The van der Waals surface area contributed by atoms with Crippen LogP contribution in [0.4, 0.5) is 14.6 Å². The quantitative estimate of drug-likeness (QED) is 0.525. The van der Waals surface area contributed by atoms with E-state index in [-0.39, 0.29) is 18.5 Å². The van der Waals surface area contributed by atoms with E-state index in [0.29, 0.717) is 18.1 Å². The van der Waals surface area contributed by atoms with E-state index in [0.717, 1.165) is 53.4 Å². The van der Waals surface area contributed by atoms with E-state index in [1.807, 2.05) is 7.05 Å². The molecular weight excluding hydrogens is 484 g/mol. The first kappa shape index (κ1) is 25.0. The Morgan fingerprint density at radius 3 is 2.69 bits per heavy atom. The number of thiazole rings is 1. The maximum atomic E-state index is 12.9. The Bertz CT molecular complexity index is 1190. The zero-order valence-corrected chi connectivity index (χ0v) is 21.4. The number of likely N-dealkylation sites (tertiary alicyclic amines) is 1. The van der Waals surface area contributed by atoms with Crippen molar-refractivity contribution in [1.29, 1.82) is 0 Å². The van der Waals surface area contributed by atoms with Crippen LogP contribution in [0.25, 0.3) is 21.6 Å². The van der Waals surface area contributed by atoms with Crippen LogP contribution in [0.2, 0.25) is 0 Å². The minimum atomic E-state index is -2.37. The SMILES string of the molecule is Cn1nc(-c2cnc(C(=O)NC3CCCN(CC(F)F)C3)s2)c2ccc(N3CCCCCCC3)nc21. The Morgan fingerprint density at radius 2 is 1.92 bits per heavy atom. The number of aromatic nitrogens is 4. The molecule has 2 aliphatic heterocycles. The third-order valence-electron chi connectivity index (χ3n) is 7.02. The lowest BCUT2D eigenvalue weighted by Gasteiger charge is -2.32. The van der Waals surface area contributed by atoms with Crippen LogP contribution in [0.3, 0.4) is 0 Å². The van der Waals surface area contributed by atoms with Gasteiger partial charge in [0.05, 0.1) is 11.4 Å². The van der Waals surface area contributed by atoms with Crippen LogP contribution in [-0.2, 0) is 7.05 Å². The lowest BCUT2D eigenvalue weighted by atomic mass is 10.1. The number of nitrogens with zero attached hydrogens (tertiary/aromatic N) is 6. The molecule has 1 N–H and O–H groups in total. The van der Waals surface area contributed by atoms with Crippen molar-refractivity contribution in [3.05, 3.63) is 23.3 Å². The fraction of sp³-hybridized carbons (Fsp3) is 0.600. The highest BCUT2D eigenvalue weighted by molar-refractivity contribution is 7.17. The van der Waals surface area contributed by atoms with Gasteiger partial charge in [0.2, 0.25) is 0 Å². The molecule has 3 aromatic rings. The fourth-order valence-electron chi connectivity index (χ4n) is 5.23. The molecule has 1 atom stereocenters. The third-order valence-corrected chi connectivity index (χ3v) is 8.03. The van der Waals surface area contributed by atoms with Gasteiger partial charge in [0, 0.05) is 44.3 Å². The largest absolute Gasteiger partial charge is 0.357 e. The second kappa shape index (κ2) is 11.2. The summed E-state index contributed by atoms with van der Waals surface area (Å²) in [5.41, 5.74) is 1.57. The molecule has 194 valence electrons. The van der Waals surface area contributed by atoms with Crippen molar-refractivity contribution < 1.29 is 13.6 Å². The smallest absolute Gasteiger partial charge is 0.280 e. The number of halogens is 2.